The monoisotopic (exact) mass is 587 g/mol. The van der Waals surface area contributed by atoms with E-state index in [2.05, 4.69) is 181 Å². The lowest BCUT2D eigenvalue weighted by atomic mass is 9.92. The van der Waals surface area contributed by atoms with Crippen molar-refractivity contribution in [3.05, 3.63) is 176 Å². The first-order valence-corrected chi connectivity index (χ1v) is 15.7. The average molecular weight is 588 g/mol. The highest BCUT2D eigenvalue weighted by Crippen LogP contribution is 2.48. The van der Waals surface area contributed by atoms with Gasteiger partial charge in [0, 0.05) is 28.0 Å². The molecule has 9 rings (SSSR count). The molecule has 0 bridgehead atoms. The first-order valence-electron chi connectivity index (χ1n) is 15.7. The first-order chi connectivity index (χ1) is 22.8. The van der Waals surface area contributed by atoms with Crippen LogP contribution >= 0.6 is 0 Å². The van der Waals surface area contributed by atoms with E-state index in [-0.39, 0.29) is 0 Å². The van der Waals surface area contributed by atoms with Crippen LogP contribution in [0.4, 0.5) is 17.1 Å². The standard InChI is InChI=1S/C44H29NO/c1-2-17-35(18-3-1)45(37-20-7-16-34(28-37)39-22-8-12-30-11-4-5-21-38(30)39)36-19-6-15-32(27-36)33-25-26-42-41(29-33)40-23-9-13-31-14-10-24-43(46-42)44(31)40/h1-29H. The summed E-state index contributed by atoms with van der Waals surface area (Å²) in [5.41, 5.74) is 10.4. The number of hydrogen-bond acceptors (Lipinski definition) is 2. The molecule has 0 radical (unpaired) electrons. The normalized spacial score (nSPS) is 11.7. The van der Waals surface area contributed by atoms with Crippen molar-refractivity contribution in [1.29, 1.82) is 0 Å². The lowest BCUT2D eigenvalue weighted by Gasteiger charge is -2.27. The lowest BCUT2D eigenvalue weighted by molar-refractivity contribution is 0.487. The maximum absolute atomic E-state index is 6.38. The minimum atomic E-state index is 0.891. The number of benzene rings is 8. The van der Waals surface area contributed by atoms with Gasteiger partial charge in [0.25, 0.3) is 0 Å². The van der Waals surface area contributed by atoms with Crippen LogP contribution in [0.15, 0.2) is 176 Å². The van der Waals surface area contributed by atoms with Gasteiger partial charge in [-0.15, -0.1) is 0 Å². The van der Waals surface area contributed by atoms with Crippen molar-refractivity contribution in [2.24, 2.45) is 0 Å². The van der Waals surface area contributed by atoms with Gasteiger partial charge in [-0.25, -0.2) is 0 Å². The van der Waals surface area contributed by atoms with Gasteiger partial charge in [-0.2, -0.15) is 0 Å². The van der Waals surface area contributed by atoms with Gasteiger partial charge in [-0.3, -0.25) is 0 Å². The molecule has 1 heterocycles. The molecule has 46 heavy (non-hydrogen) atoms. The molecule has 0 saturated heterocycles. The fraction of sp³-hybridized carbons (Fsp3) is 0. The van der Waals surface area contributed by atoms with E-state index in [1.54, 1.807) is 0 Å². The zero-order valence-corrected chi connectivity index (χ0v) is 25.1. The van der Waals surface area contributed by atoms with E-state index in [1.165, 1.54) is 38.2 Å². The number of para-hydroxylation sites is 1. The molecular formula is C44H29NO. The third-order valence-corrected chi connectivity index (χ3v) is 9.01. The number of rotatable bonds is 5. The third kappa shape index (κ3) is 4.43. The maximum atomic E-state index is 6.38. The summed E-state index contributed by atoms with van der Waals surface area (Å²) >= 11 is 0. The smallest absolute Gasteiger partial charge is 0.135 e. The van der Waals surface area contributed by atoms with Crippen LogP contribution in [0.3, 0.4) is 0 Å². The second-order valence-electron chi connectivity index (χ2n) is 11.8. The summed E-state index contributed by atoms with van der Waals surface area (Å²) in [6, 6.07) is 62.7. The van der Waals surface area contributed by atoms with E-state index >= 15 is 0 Å². The Bertz CT molecular complexity index is 2400. The summed E-state index contributed by atoms with van der Waals surface area (Å²) in [6.07, 6.45) is 0. The molecule has 0 unspecified atom stereocenters. The van der Waals surface area contributed by atoms with Gasteiger partial charge in [0.2, 0.25) is 0 Å². The Morgan fingerprint density at radius 3 is 1.80 bits per heavy atom. The van der Waals surface area contributed by atoms with Crippen molar-refractivity contribution in [2.45, 2.75) is 0 Å². The fourth-order valence-electron chi connectivity index (χ4n) is 6.88. The summed E-state index contributed by atoms with van der Waals surface area (Å²) in [7, 11) is 0. The van der Waals surface area contributed by atoms with Crippen molar-refractivity contribution < 1.29 is 4.74 Å². The van der Waals surface area contributed by atoms with Crippen LogP contribution < -0.4 is 9.64 Å². The quantitative estimate of drug-likeness (QED) is 0.199. The van der Waals surface area contributed by atoms with E-state index in [0.29, 0.717) is 0 Å². The Balaban J connectivity index is 1.16. The summed E-state index contributed by atoms with van der Waals surface area (Å²) in [4.78, 5) is 2.34. The van der Waals surface area contributed by atoms with Crippen LogP contribution in [-0.2, 0) is 0 Å². The largest absolute Gasteiger partial charge is 0.456 e. The Labute approximate surface area is 268 Å². The molecule has 0 fully saturated rings. The van der Waals surface area contributed by atoms with Crippen molar-refractivity contribution >= 4 is 38.6 Å². The zero-order valence-electron chi connectivity index (χ0n) is 25.1. The first kappa shape index (κ1) is 26.3. The van der Waals surface area contributed by atoms with Crippen molar-refractivity contribution in [3.63, 3.8) is 0 Å². The predicted molar refractivity (Wildman–Crippen MR) is 193 cm³/mol. The molecule has 0 atom stereocenters. The minimum Gasteiger partial charge on any atom is -0.456 e. The van der Waals surface area contributed by atoms with Gasteiger partial charge in [-0.05, 0) is 98.6 Å². The third-order valence-electron chi connectivity index (χ3n) is 9.01. The molecule has 0 spiro atoms. The molecule has 1 aliphatic rings. The van der Waals surface area contributed by atoms with Crippen molar-refractivity contribution in [1.82, 2.24) is 0 Å². The molecule has 0 amide bonds. The molecule has 0 aromatic heterocycles. The molecule has 8 aromatic rings. The Morgan fingerprint density at radius 2 is 0.957 bits per heavy atom. The molecule has 2 heteroatoms. The minimum absolute atomic E-state index is 0.891. The summed E-state index contributed by atoms with van der Waals surface area (Å²) in [6.45, 7) is 0. The molecular weight excluding hydrogens is 558 g/mol. The second-order valence-corrected chi connectivity index (χ2v) is 11.8. The molecule has 2 nitrogen and oxygen atoms in total. The second kappa shape index (κ2) is 10.8. The van der Waals surface area contributed by atoms with Crippen LogP contribution in [0.5, 0.6) is 11.5 Å². The Hall–Kier alpha value is -6.12. The summed E-state index contributed by atoms with van der Waals surface area (Å²) in [5, 5.41) is 4.86. The molecule has 216 valence electrons. The van der Waals surface area contributed by atoms with E-state index in [1.807, 2.05) is 0 Å². The number of fused-ring (bicyclic) bond motifs is 3. The Morgan fingerprint density at radius 1 is 0.348 bits per heavy atom. The number of anilines is 3. The van der Waals surface area contributed by atoms with Crippen molar-refractivity contribution in [3.8, 4) is 44.9 Å². The molecule has 1 aliphatic heterocycles. The van der Waals surface area contributed by atoms with Crippen LogP contribution in [0, 0.1) is 0 Å². The summed E-state index contributed by atoms with van der Waals surface area (Å²) in [5.74, 6) is 1.81. The fourth-order valence-corrected chi connectivity index (χ4v) is 6.88. The average Bonchev–Trinajstić information content (AvgIpc) is 3.12. The van der Waals surface area contributed by atoms with Gasteiger partial charge in [0.05, 0.1) is 0 Å². The van der Waals surface area contributed by atoms with Gasteiger partial charge in [0.1, 0.15) is 11.5 Å². The topological polar surface area (TPSA) is 12.5 Å². The van der Waals surface area contributed by atoms with Gasteiger partial charge < -0.3 is 9.64 Å². The SMILES string of the molecule is c1ccc(N(c2cccc(-c3ccc4c(c3)-c3cccc5cccc(c35)O4)c2)c2cccc(-c3cccc4ccccc34)c2)cc1. The predicted octanol–water partition coefficient (Wildman–Crippen LogP) is 12.6. The maximum Gasteiger partial charge on any atom is 0.135 e. The van der Waals surface area contributed by atoms with Crippen LogP contribution in [0.25, 0.3) is 54.9 Å². The van der Waals surface area contributed by atoms with E-state index in [9.17, 15) is 0 Å². The highest BCUT2D eigenvalue weighted by atomic mass is 16.5. The van der Waals surface area contributed by atoms with Gasteiger partial charge >= 0.3 is 0 Å². The van der Waals surface area contributed by atoms with Crippen molar-refractivity contribution in [2.75, 3.05) is 4.90 Å². The molecule has 8 aromatic carbocycles. The van der Waals surface area contributed by atoms with Gasteiger partial charge in [0.15, 0.2) is 0 Å². The molecule has 0 N–H and O–H groups in total. The number of hydrogen-bond donors (Lipinski definition) is 0. The highest BCUT2D eigenvalue weighted by Gasteiger charge is 2.21. The van der Waals surface area contributed by atoms with E-state index in [4.69, 9.17) is 4.74 Å². The van der Waals surface area contributed by atoms with Crippen LogP contribution in [0.2, 0.25) is 0 Å². The Kier molecular flexibility index (Phi) is 6.17. The highest BCUT2D eigenvalue weighted by molar-refractivity contribution is 6.04. The van der Waals surface area contributed by atoms with E-state index < -0.39 is 0 Å². The lowest BCUT2D eigenvalue weighted by Crippen LogP contribution is -2.10. The van der Waals surface area contributed by atoms with E-state index in [0.717, 1.165) is 45.3 Å². The summed E-state index contributed by atoms with van der Waals surface area (Å²) < 4.78 is 6.38. The number of nitrogens with zero attached hydrogens (tertiary/aromatic N) is 1. The van der Waals surface area contributed by atoms with Crippen LogP contribution in [-0.4, -0.2) is 0 Å². The zero-order chi connectivity index (χ0) is 30.5. The molecule has 0 saturated carbocycles. The number of ether oxygens (including phenoxy) is 1. The molecule has 0 aliphatic carbocycles. The van der Waals surface area contributed by atoms with Gasteiger partial charge in [-0.1, -0.05) is 121 Å². The van der Waals surface area contributed by atoms with Crippen LogP contribution in [0.1, 0.15) is 0 Å².